The van der Waals surface area contributed by atoms with Crippen LogP contribution in [0.3, 0.4) is 0 Å². The van der Waals surface area contributed by atoms with Gasteiger partial charge in [0.05, 0.1) is 12.0 Å². The first-order valence-electron chi connectivity index (χ1n) is 10.4. The van der Waals surface area contributed by atoms with Crippen LogP contribution in [0.25, 0.3) is 11.1 Å². The maximum atomic E-state index is 14.0. The molecule has 2 aliphatic heterocycles. The molecular weight excluding hydrogens is 425 g/mol. The molecule has 3 aliphatic rings. The molecular formula is C23H21F3N2O4. The molecule has 2 N–H and O–H groups in total. The molecule has 5 rings (SSSR count). The number of carbonyl (C=O) groups excluding carboxylic acids is 2. The van der Waals surface area contributed by atoms with E-state index < -0.39 is 23.8 Å². The second-order valence-corrected chi connectivity index (χ2v) is 8.65. The van der Waals surface area contributed by atoms with Gasteiger partial charge >= 0.3 is 6.18 Å². The molecule has 2 fully saturated rings. The SMILES string of the molecule is O=C(c1ccc2c(c1)C(O)(C(F)(F)F)c1ccccc1-2)N1CC(C(=O)N2CCC(O)C2)C1. The van der Waals surface area contributed by atoms with Crippen LogP contribution < -0.4 is 0 Å². The largest absolute Gasteiger partial charge is 0.425 e. The van der Waals surface area contributed by atoms with Gasteiger partial charge in [-0.2, -0.15) is 13.2 Å². The van der Waals surface area contributed by atoms with E-state index in [1.54, 1.807) is 11.0 Å². The topological polar surface area (TPSA) is 81.1 Å². The second kappa shape index (κ2) is 7.05. The molecule has 0 spiro atoms. The number of benzene rings is 2. The molecule has 9 heteroatoms. The third-order valence-corrected chi connectivity index (χ3v) is 6.67. The molecule has 2 unspecified atom stereocenters. The summed E-state index contributed by atoms with van der Waals surface area (Å²) in [5.41, 5.74) is -3.27. The number of β-amino-alcohol motifs (C(OH)–C–C–N with tert-alkyl or cyclic N) is 1. The van der Waals surface area contributed by atoms with Crippen molar-refractivity contribution in [1.29, 1.82) is 0 Å². The zero-order valence-electron chi connectivity index (χ0n) is 17.0. The minimum Gasteiger partial charge on any atom is -0.391 e. The van der Waals surface area contributed by atoms with Crippen LogP contribution in [-0.2, 0) is 10.4 Å². The van der Waals surface area contributed by atoms with Gasteiger partial charge in [-0.05, 0) is 29.7 Å². The van der Waals surface area contributed by atoms with Crippen molar-refractivity contribution < 1.29 is 33.0 Å². The summed E-state index contributed by atoms with van der Waals surface area (Å²) < 4.78 is 41.9. The van der Waals surface area contributed by atoms with Crippen molar-refractivity contribution in [1.82, 2.24) is 9.80 Å². The molecule has 2 aromatic rings. The van der Waals surface area contributed by atoms with Gasteiger partial charge in [0, 0.05) is 42.9 Å². The summed E-state index contributed by atoms with van der Waals surface area (Å²) in [7, 11) is 0. The summed E-state index contributed by atoms with van der Waals surface area (Å²) >= 11 is 0. The maximum absolute atomic E-state index is 14.0. The lowest BCUT2D eigenvalue weighted by atomic mass is 9.89. The van der Waals surface area contributed by atoms with Gasteiger partial charge in [-0.15, -0.1) is 0 Å². The summed E-state index contributed by atoms with van der Waals surface area (Å²) in [5.74, 6) is -0.990. The molecule has 1 aliphatic carbocycles. The summed E-state index contributed by atoms with van der Waals surface area (Å²) in [6.07, 6.45) is -4.97. The summed E-state index contributed by atoms with van der Waals surface area (Å²) in [6.45, 7) is 1.10. The second-order valence-electron chi connectivity index (χ2n) is 8.65. The molecule has 2 amide bonds. The van der Waals surface area contributed by atoms with E-state index in [9.17, 15) is 33.0 Å². The van der Waals surface area contributed by atoms with Crippen molar-refractivity contribution in [2.24, 2.45) is 5.92 Å². The smallest absolute Gasteiger partial charge is 0.391 e. The number of hydrogen-bond donors (Lipinski definition) is 2. The first kappa shape index (κ1) is 21.0. The number of amides is 2. The van der Waals surface area contributed by atoms with Gasteiger partial charge in [0.1, 0.15) is 0 Å². The number of fused-ring (bicyclic) bond motifs is 3. The number of hydrogen-bond acceptors (Lipinski definition) is 4. The predicted octanol–water partition coefficient (Wildman–Crippen LogP) is 2.13. The number of carbonyl (C=O) groups is 2. The monoisotopic (exact) mass is 446 g/mol. The van der Waals surface area contributed by atoms with Crippen molar-refractivity contribution in [2.45, 2.75) is 24.3 Å². The lowest BCUT2D eigenvalue weighted by Gasteiger charge is -2.40. The minimum absolute atomic E-state index is 0.0294. The number of rotatable bonds is 2. The number of aliphatic hydroxyl groups excluding tert-OH is 1. The van der Waals surface area contributed by atoms with Gasteiger partial charge < -0.3 is 20.0 Å². The van der Waals surface area contributed by atoms with Crippen LogP contribution in [0.5, 0.6) is 0 Å². The molecule has 6 nitrogen and oxygen atoms in total. The van der Waals surface area contributed by atoms with E-state index in [-0.39, 0.29) is 59.3 Å². The van der Waals surface area contributed by atoms with E-state index in [1.165, 1.54) is 35.2 Å². The average molecular weight is 446 g/mol. The highest BCUT2D eigenvalue weighted by atomic mass is 19.4. The molecule has 0 bridgehead atoms. The normalized spacial score (nSPS) is 24.8. The third kappa shape index (κ3) is 2.95. The number of nitrogens with zero attached hydrogens (tertiary/aromatic N) is 2. The van der Waals surface area contributed by atoms with Gasteiger partial charge in [0.2, 0.25) is 11.5 Å². The zero-order valence-corrected chi connectivity index (χ0v) is 17.0. The van der Waals surface area contributed by atoms with E-state index >= 15 is 0 Å². The Kier molecular flexibility index (Phi) is 4.62. The van der Waals surface area contributed by atoms with E-state index in [4.69, 9.17) is 0 Å². The highest BCUT2D eigenvalue weighted by Crippen LogP contribution is 2.55. The molecule has 2 aromatic carbocycles. The summed E-state index contributed by atoms with van der Waals surface area (Å²) in [6, 6.07) is 9.78. The third-order valence-electron chi connectivity index (χ3n) is 6.67. The van der Waals surface area contributed by atoms with Crippen LogP contribution in [0.4, 0.5) is 13.2 Å². The number of halogens is 3. The first-order chi connectivity index (χ1) is 15.1. The van der Waals surface area contributed by atoms with Crippen molar-refractivity contribution >= 4 is 11.8 Å². The average Bonchev–Trinajstić information content (AvgIpc) is 3.27. The lowest BCUT2D eigenvalue weighted by Crippen LogP contribution is -2.56. The van der Waals surface area contributed by atoms with Gasteiger partial charge in [0.15, 0.2) is 0 Å². The highest BCUT2D eigenvalue weighted by molar-refractivity contribution is 5.97. The number of alkyl halides is 3. The molecule has 168 valence electrons. The number of aliphatic hydroxyl groups is 2. The van der Waals surface area contributed by atoms with Crippen LogP contribution in [0.2, 0.25) is 0 Å². The first-order valence-corrected chi connectivity index (χ1v) is 10.4. The van der Waals surface area contributed by atoms with Crippen LogP contribution in [0.15, 0.2) is 42.5 Å². The number of likely N-dealkylation sites (tertiary alicyclic amines) is 2. The Morgan fingerprint density at radius 1 is 0.969 bits per heavy atom. The van der Waals surface area contributed by atoms with Crippen molar-refractivity contribution in [3.8, 4) is 11.1 Å². The molecule has 0 radical (unpaired) electrons. The van der Waals surface area contributed by atoms with E-state index in [2.05, 4.69) is 0 Å². The minimum atomic E-state index is -4.97. The lowest BCUT2D eigenvalue weighted by molar-refractivity contribution is -0.246. The van der Waals surface area contributed by atoms with Crippen molar-refractivity contribution in [2.75, 3.05) is 26.2 Å². The van der Waals surface area contributed by atoms with Crippen molar-refractivity contribution in [3.05, 3.63) is 59.2 Å². The molecule has 0 aromatic heterocycles. The Hall–Kier alpha value is -2.91. The van der Waals surface area contributed by atoms with E-state index in [0.29, 0.717) is 13.0 Å². The Balaban J connectivity index is 1.38. The molecule has 0 saturated carbocycles. The Morgan fingerprint density at radius 2 is 1.66 bits per heavy atom. The molecule has 2 heterocycles. The van der Waals surface area contributed by atoms with E-state index in [0.717, 1.165) is 6.07 Å². The molecule has 32 heavy (non-hydrogen) atoms. The Labute approximate surface area is 181 Å². The fraction of sp³-hybridized carbons (Fsp3) is 0.391. The van der Waals surface area contributed by atoms with Gasteiger partial charge in [-0.25, -0.2) is 0 Å². The van der Waals surface area contributed by atoms with Crippen LogP contribution in [-0.4, -0.2) is 70.3 Å². The van der Waals surface area contributed by atoms with Crippen LogP contribution in [0, 0.1) is 5.92 Å². The predicted molar refractivity (Wildman–Crippen MR) is 108 cm³/mol. The fourth-order valence-electron chi connectivity index (χ4n) is 4.88. The Morgan fingerprint density at radius 3 is 2.31 bits per heavy atom. The quantitative estimate of drug-likeness (QED) is 0.741. The van der Waals surface area contributed by atoms with Crippen molar-refractivity contribution in [3.63, 3.8) is 0 Å². The summed E-state index contributed by atoms with van der Waals surface area (Å²) in [5, 5.41) is 20.4. The van der Waals surface area contributed by atoms with Crippen LogP contribution in [0.1, 0.15) is 27.9 Å². The summed E-state index contributed by atoms with van der Waals surface area (Å²) in [4.78, 5) is 28.4. The van der Waals surface area contributed by atoms with Gasteiger partial charge in [-0.1, -0.05) is 30.3 Å². The standard InChI is InChI=1S/C23H21F3N2O4/c24-23(25,26)22(32)18-4-2-1-3-16(18)17-6-5-13(9-19(17)22)20(30)28-10-14(11-28)21(31)27-8-7-15(29)12-27/h1-6,9,14-15,29,32H,7-8,10-12H2. The van der Waals surface area contributed by atoms with Gasteiger partial charge in [-0.3, -0.25) is 9.59 Å². The Bertz CT molecular complexity index is 1110. The highest BCUT2D eigenvalue weighted by Gasteiger charge is 2.60. The fourth-order valence-corrected chi connectivity index (χ4v) is 4.88. The zero-order chi connectivity index (χ0) is 22.8. The van der Waals surface area contributed by atoms with Gasteiger partial charge in [0.25, 0.3) is 5.91 Å². The van der Waals surface area contributed by atoms with Crippen LogP contribution >= 0.6 is 0 Å². The maximum Gasteiger partial charge on any atom is 0.425 e. The van der Waals surface area contributed by atoms with E-state index in [1.807, 2.05) is 0 Å². The molecule has 2 atom stereocenters. The molecule has 2 saturated heterocycles.